The molecule has 2 rings (SSSR count). The van der Waals surface area contributed by atoms with Gasteiger partial charge in [-0.3, -0.25) is 0 Å². The van der Waals surface area contributed by atoms with E-state index in [1.807, 2.05) is 0 Å². The maximum Gasteiger partial charge on any atom is 0.434 e. The number of aromatic nitrogens is 3. The van der Waals surface area contributed by atoms with Crippen molar-refractivity contribution in [3.05, 3.63) is 35.3 Å². The summed E-state index contributed by atoms with van der Waals surface area (Å²) in [6.07, 6.45) is -2.85. The van der Waals surface area contributed by atoms with E-state index in [0.29, 0.717) is 22.3 Å². The molecule has 2 N–H and O–H groups in total. The zero-order valence-electron chi connectivity index (χ0n) is 11.1. The molecule has 0 saturated heterocycles. The minimum absolute atomic E-state index is 0.106. The third-order valence-corrected chi connectivity index (χ3v) is 2.91. The van der Waals surface area contributed by atoms with E-state index in [4.69, 9.17) is 5.11 Å². The number of rotatable bonds is 3. The summed E-state index contributed by atoms with van der Waals surface area (Å²) in [5.41, 5.74) is -1.70. The van der Waals surface area contributed by atoms with Crippen LogP contribution in [0.1, 0.15) is 21.6 Å². The van der Waals surface area contributed by atoms with Gasteiger partial charge in [-0.05, 0) is 13.0 Å². The molecule has 0 fully saturated rings. The van der Waals surface area contributed by atoms with Gasteiger partial charge in [0.15, 0.2) is 5.69 Å². The smallest absolute Gasteiger partial charge is 0.434 e. The van der Waals surface area contributed by atoms with Gasteiger partial charge in [-0.1, -0.05) is 0 Å². The van der Waals surface area contributed by atoms with E-state index in [9.17, 15) is 18.0 Å². The molecular formula is C12H11F3N4O2. The summed E-state index contributed by atoms with van der Waals surface area (Å²) in [6.45, 7) is 1.57. The highest BCUT2D eigenvalue weighted by atomic mass is 19.4. The zero-order chi connectivity index (χ0) is 15.8. The SMILES string of the molecule is CNc1nccc(-n2ncc(C(=O)O)c2C(F)(F)F)c1C. The van der Waals surface area contributed by atoms with Gasteiger partial charge >= 0.3 is 12.1 Å². The fourth-order valence-electron chi connectivity index (χ4n) is 1.97. The molecule has 0 radical (unpaired) electrons. The van der Waals surface area contributed by atoms with Crippen LogP contribution in [0.4, 0.5) is 19.0 Å². The predicted octanol–water partition coefficient (Wildman–Crippen LogP) is 2.33. The summed E-state index contributed by atoms with van der Waals surface area (Å²) >= 11 is 0. The molecule has 0 spiro atoms. The van der Waals surface area contributed by atoms with Gasteiger partial charge in [-0.2, -0.15) is 18.3 Å². The first-order chi connectivity index (χ1) is 9.77. The molecule has 0 atom stereocenters. The van der Waals surface area contributed by atoms with Crippen LogP contribution in [0, 0.1) is 6.92 Å². The molecule has 9 heteroatoms. The van der Waals surface area contributed by atoms with Gasteiger partial charge in [-0.15, -0.1) is 0 Å². The minimum atomic E-state index is -4.85. The Labute approximate surface area is 117 Å². The van der Waals surface area contributed by atoms with Crippen LogP contribution < -0.4 is 5.32 Å². The van der Waals surface area contributed by atoms with E-state index in [1.54, 1.807) is 14.0 Å². The van der Waals surface area contributed by atoms with Gasteiger partial charge < -0.3 is 10.4 Å². The van der Waals surface area contributed by atoms with Crippen LogP contribution in [0.3, 0.4) is 0 Å². The molecule has 0 saturated carbocycles. The van der Waals surface area contributed by atoms with Crippen LogP contribution in [0.25, 0.3) is 5.69 Å². The normalized spacial score (nSPS) is 11.5. The Morgan fingerprint density at radius 2 is 2.10 bits per heavy atom. The van der Waals surface area contributed by atoms with Gasteiger partial charge in [0.2, 0.25) is 0 Å². The second-order valence-corrected chi connectivity index (χ2v) is 4.18. The average Bonchev–Trinajstić information content (AvgIpc) is 2.83. The maximum atomic E-state index is 13.1. The van der Waals surface area contributed by atoms with E-state index in [2.05, 4.69) is 15.4 Å². The number of nitrogens with zero attached hydrogens (tertiary/aromatic N) is 3. The predicted molar refractivity (Wildman–Crippen MR) is 67.6 cm³/mol. The van der Waals surface area contributed by atoms with Crippen molar-refractivity contribution in [3.8, 4) is 5.69 Å². The summed E-state index contributed by atoms with van der Waals surface area (Å²) in [5.74, 6) is -1.30. The Morgan fingerprint density at radius 1 is 1.43 bits per heavy atom. The Hall–Kier alpha value is -2.58. The molecule has 0 aromatic carbocycles. The Morgan fingerprint density at radius 3 is 2.62 bits per heavy atom. The Balaban J connectivity index is 2.74. The van der Waals surface area contributed by atoms with Crippen LogP contribution in [0.2, 0.25) is 0 Å². The second-order valence-electron chi connectivity index (χ2n) is 4.18. The summed E-state index contributed by atoms with van der Waals surface area (Å²) < 4.78 is 40.0. The molecule has 0 aliphatic rings. The maximum absolute atomic E-state index is 13.1. The van der Waals surface area contributed by atoms with Crippen molar-refractivity contribution < 1.29 is 23.1 Å². The molecule has 0 unspecified atom stereocenters. The number of carboxylic acid groups (broad SMARTS) is 1. The van der Waals surface area contributed by atoms with Gasteiger partial charge in [0.25, 0.3) is 0 Å². The van der Waals surface area contributed by atoms with Gasteiger partial charge in [0.05, 0.1) is 11.9 Å². The standard InChI is InChI=1S/C12H11F3N4O2/c1-6-8(3-4-17-10(6)16-2)19-9(12(13,14)15)7(5-18-19)11(20)21/h3-5H,1-2H3,(H,16,17)(H,20,21). The van der Waals surface area contributed by atoms with Crippen LogP contribution >= 0.6 is 0 Å². The molecule has 6 nitrogen and oxygen atoms in total. The molecule has 21 heavy (non-hydrogen) atoms. The second kappa shape index (κ2) is 5.08. The number of alkyl halides is 3. The number of pyridine rings is 1. The van der Waals surface area contributed by atoms with Gasteiger partial charge in [-0.25, -0.2) is 14.5 Å². The third-order valence-electron chi connectivity index (χ3n) is 2.91. The number of hydrogen-bond donors (Lipinski definition) is 2. The summed E-state index contributed by atoms with van der Waals surface area (Å²) in [4.78, 5) is 14.9. The zero-order valence-corrected chi connectivity index (χ0v) is 11.1. The van der Waals surface area contributed by atoms with Crippen molar-refractivity contribution in [2.24, 2.45) is 0 Å². The number of hydrogen-bond acceptors (Lipinski definition) is 4. The number of aromatic carboxylic acids is 1. The first kappa shape index (κ1) is 14.8. The lowest BCUT2D eigenvalue weighted by molar-refractivity contribution is -0.143. The van der Waals surface area contributed by atoms with Crippen LogP contribution in [-0.2, 0) is 6.18 Å². The molecule has 0 amide bonds. The largest absolute Gasteiger partial charge is 0.478 e. The monoisotopic (exact) mass is 300 g/mol. The van der Waals surface area contributed by atoms with Crippen molar-refractivity contribution in [3.63, 3.8) is 0 Å². The van der Waals surface area contributed by atoms with E-state index in [0.717, 1.165) is 0 Å². The lowest BCUT2D eigenvalue weighted by Crippen LogP contribution is -2.18. The fraction of sp³-hybridized carbons (Fsp3) is 0.250. The van der Waals surface area contributed by atoms with E-state index in [1.165, 1.54) is 12.3 Å². The molecule has 0 bridgehead atoms. The molecular weight excluding hydrogens is 289 g/mol. The fourth-order valence-corrected chi connectivity index (χ4v) is 1.97. The molecule has 0 aliphatic carbocycles. The van der Waals surface area contributed by atoms with Crippen molar-refractivity contribution in [2.45, 2.75) is 13.1 Å². The van der Waals surface area contributed by atoms with E-state index >= 15 is 0 Å². The Bertz CT molecular complexity index is 694. The molecule has 2 aromatic rings. The summed E-state index contributed by atoms with van der Waals surface area (Å²) in [6, 6.07) is 1.34. The molecule has 2 aromatic heterocycles. The van der Waals surface area contributed by atoms with E-state index in [-0.39, 0.29) is 5.69 Å². The van der Waals surface area contributed by atoms with Crippen molar-refractivity contribution >= 4 is 11.8 Å². The Kier molecular flexibility index (Phi) is 3.58. The average molecular weight is 300 g/mol. The van der Waals surface area contributed by atoms with Crippen molar-refractivity contribution in [1.82, 2.24) is 14.8 Å². The number of anilines is 1. The number of nitrogens with one attached hydrogen (secondary N) is 1. The van der Waals surface area contributed by atoms with Crippen molar-refractivity contribution in [1.29, 1.82) is 0 Å². The number of halogens is 3. The van der Waals surface area contributed by atoms with Gasteiger partial charge in [0, 0.05) is 18.8 Å². The number of carboxylic acids is 1. The highest BCUT2D eigenvalue weighted by Gasteiger charge is 2.40. The van der Waals surface area contributed by atoms with Crippen LogP contribution in [0.5, 0.6) is 0 Å². The topological polar surface area (TPSA) is 80.0 Å². The van der Waals surface area contributed by atoms with Gasteiger partial charge in [0.1, 0.15) is 11.4 Å². The van der Waals surface area contributed by atoms with E-state index < -0.39 is 23.4 Å². The third kappa shape index (κ3) is 2.54. The highest BCUT2D eigenvalue weighted by Crippen LogP contribution is 2.34. The first-order valence-electron chi connectivity index (χ1n) is 5.79. The summed E-state index contributed by atoms with van der Waals surface area (Å²) in [5, 5.41) is 15.2. The summed E-state index contributed by atoms with van der Waals surface area (Å²) in [7, 11) is 1.58. The molecule has 112 valence electrons. The van der Waals surface area contributed by atoms with Crippen LogP contribution in [0.15, 0.2) is 18.5 Å². The lowest BCUT2D eigenvalue weighted by Gasteiger charge is -2.14. The highest BCUT2D eigenvalue weighted by molar-refractivity contribution is 5.89. The minimum Gasteiger partial charge on any atom is -0.478 e. The first-order valence-corrected chi connectivity index (χ1v) is 5.79. The van der Waals surface area contributed by atoms with Crippen molar-refractivity contribution in [2.75, 3.05) is 12.4 Å². The lowest BCUT2D eigenvalue weighted by atomic mass is 10.2. The molecule has 2 heterocycles. The number of carbonyl (C=O) groups is 1. The quantitative estimate of drug-likeness (QED) is 0.909. The molecule has 0 aliphatic heterocycles. The van der Waals surface area contributed by atoms with Crippen LogP contribution in [-0.4, -0.2) is 32.9 Å².